The van der Waals surface area contributed by atoms with Crippen molar-refractivity contribution in [1.29, 1.82) is 0 Å². The molecule has 0 radical (unpaired) electrons. The molecule has 3 aliphatic rings. The third kappa shape index (κ3) is 3.73. The molecule has 0 atom stereocenters. The van der Waals surface area contributed by atoms with E-state index in [2.05, 4.69) is 15.5 Å². The summed E-state index contributed by atoms with van der Waals surface area (Å²) in [5, 5.41) is 6.00. The quantitative estimate of drug-likeness (QED) is 0.862. The van der Waals surface area contributed by atoms with E-state index in [1.807, 2.05) is 12.1 Å². The Morgan fingerprint density at radius 3 is 2.65 bits per heavy atom. The number of carbonyl (C=O) groups is 1. The number of benzene rings is 1. The van der Waals surface area contributed by atoms with E-state index in [4.69, 9.17) is 14.2 Å². The first-order valence-electron chi connectivity index (χ1n) is 9.53. The molecule has 26 heavy (non-hydrogen) atoms. The number of fused-ring (bicyclic) bond motifs is 1. The van der Waals surface area contributed by atoms with Gasteiger partial charge in [0.15, 0.2) is 11.5 Å². The van der Waals surface area contributed by atoms with E-state index in [0.717, 1.165) is 39.1 Å². The molecule has 1 aliphatic carbocycles. The molecule has 2 aliphatic heterocycles. The third-order valence-corrected chi connectivity index (χ3v) is 5.67. The van der Waals surface area contributed by atoms with E-state index in [1.54, 1.807) is 6.07 Å². The average Bonchev–Trinajstić information content (AvgIpc) is 3.16. The lowest BCUT2D eigenvalue weighted by atomic mass is 9.80. The number of hydrogen-bond acceptors (Lipinski definition) is 5. The van der Waals surface area contributed by atoms with Gasteiger partial charge in [0, 0.05) is 36.9 Å². The fourth-order valence-corrected chi connectivity index (χ4v) is 4.25. The van der Waals surface area contributed by atoms with Crippen LogP contribution < -0.4 is 20.1 Å². The number of morpholine rings is 1. The van der Waals surface area contributed by atoms with Gasteiger partial charge in [-0.25, -0.2) is 4.79 Å². The zero-order chi connectivity index (χ0) is 17.8. The van der Waals surface area contributed by atoms with Crippen LogP contribution >= 0.6 is 0 Å². The first kappa shape index (κ1) is 17.4. The largest absolute Gasteiger partial charge is 0.454 e. The van der Waals surface area contributed by atoms with Gasteiger partial charge < -0.3 is 24.8 Å². The van der Waals surface area contributed by atoms with Crippen LogP contribution in [-0.2, 0) is 4.74 Å². The van der Waals surface area contributed by atoms with Gasteiger partial charge in [-0.3, -0.25) is 4.90 Å². The second-order valence-corrected chi connectivity index (χ2v) is 7.26. The highest BCUT2D eigenvalue weighted by atomic mass is 16.7. The molecule has 7 nitrogen and oxygen atoms in total. The van der Waals surface area contributed by atoms with Gasteiger partial charge in [-0.2, -0.15) is 0 Å². The van der Waals surface area contributed by atoms with Gasteiger partial charge in [-0.15, -0.1) is 0 Å². The van der Waals surface area contributed by atoms with E-state index in [0.29, 0.717) is 23.7 Å². The van der Waals surface area contributed by atoms with Crippen molar-refractivity contribution in [1.82, 2.24) is 10.2 Å². The lowest BCUT2D eigenvalue weighted by Gasteiger charge is -2.48. The standard InChI is InChI=1S/C19H27N3O4/c23-18(21-15-4-5-16-17(12-15)26-14-25-16)20-13-19(6-2-1-3-7-19)22-8-10-24-11-9-22/h4-5,12H,1-3,6-11,13-14H2,(H2,20,21,23). The minimum Gasteiger partial charge on any atom is -0.454 e. The fraction of sp³-hybridized carbons (Fsp3) is 0.632. The Balaban J connectivity index is 1.36. The molecule has 2 N–H and O–H groups in total. The van der Waals surface area contributed by atoms with Crippen molar-refractivity contribution in [3.8, 4) is 11.5 Å². The van der Waals surface area contributed by atoms with Crippen LogP contribution in [0.5, 0.6) is 11.5 Å². The molecular weight excluding hydrogens is 334 g/mol. The zero-order valence-corrected chi connectivity index (χ0v) is 15.1. The highest BCUT2D eigenvalue weighted by molar-refractivity contribution is 5.89. The molecule has 2 heterocycles. The average molecular weight is 361 g/mol. The van der Waals surface area contributed by atoms with Crippen LogP contribution in [-0.4, -0.2) is 56.1 Å². The van der Waals surface area contributed by atoms with Crippen molar-refractivity contribution in [3.05, 3.63) is 18.2 Å². The summed E-state index contributed by atoms with van der Waals surface area (Å²) < 4.78 is 16.2. The molecule has 1 aromatic rings. The molecule has 0 unspecified atom stereocenters. The van der Waals surface area contributed by atoms with Crippen molar-refractivity contribution in [2.45, 2.75) is 37.6 Å². The summed E-state index contributed by atoms with van der Waals surface area (Å²) >= 11 is 0. The van der Waals surface area contributed by atoms with E-state index in [1.165, 1.54) is 19.3 Å². The molecule has 142 valence electrons. The smallest absolute Gasteiger partial charge is 0.319 e. The summed E-state index contributed by atoms with van der Waals surface area (Å²) in [5.74, 6) is 1.38. The number of rotatable bonds is 4. The predicted molar refractivity (Wildman–Crippen MR) is 97.8 cm³/mol. The summed E-state index contributed by atoms with van der Waals surface area (Å²) in [4.78, 5) is 15.0. The maximum atomic E-state index is 12.4. The number of nitrogens with zero attached hydrogens (tertiary/aromatic N) is 1. The maximum Gasteiger partial charge on any atom is 0.319 e. The Bertz CT molecular complexity index is 640. The normalized spacial score (nSPS) is 22.0. The summed E-state index contributed by atoms with van der Waals surface area (Å²) in [6.07, 6.45) is 6.01. The summed E-state index contributed by atoms with van der Waals surface area (Å²) in [6, 6.07) is 5.25. The number of nitrogens with one attached hydrogen (secondary N) is 2. The fourth-order valence-electron chi connectivity index (χ4n) is 4.25. The molecule has 0 spiro atoms. The van der Waals surface area contributed by atoms with Crippen LogP contribution in [0.4, 0.5) is 10.5 Å². The molecule has 4 rings (SSSR count). The van der Waals surface area contributed by atoms with E-state index < -0.39 is 0 Å². The molecule has 2 fully saturated rings. The molecule has 1 saturated carbocycles. The lowest BCUT2D eigenvalue weighted by Crippen LogP contribution is -2.60. The van der Waals surface area contributed by atoms with Gasteiger partial charge >= 0.3 is 6.03 Å². The van der Waals surface area contributed by atoms with Crippen LogP contribution in [0, 0.1) is 0 Å². The maximum absolute atomic E-state index is 12.4. The second-order valence-electron chi connectivity index (χ2n) is 7.26. The zero-order valence-electron chi connectivity index (χ0n) is 15.1. The summed E-state index contributed by atoms with van der Waals surface area (Å²) in [7, 11) is 0. The van der Waals surface area contributed by atoms with Gasteiger partial charge in [-0.05, 0) is 25.0 Å². The Labute approximate surface area is 154 Å². The first-order valence-corrected chi connectivity index (χ1v) is 9.53. The number of anilines is 1. The highest BCUT2D eigenvalue weighted by Crippen LogP contribution is 2.35. The van der Waals surface area contributed by atoms with E-state index >= 15 is 0 Å². The number of carbonyl (C=O) groups excluding carboxylic acids is 1. The van der Waals surface area contributed by atoms with Crippen LogP contribution in [0.3, 0.4) is 0 Å². The van der Waals surface area contributed by atoms with Crippen LogP contribution in [0.2, 0.25) is 0 Å². The number of hydrogen-bond donors (Lipinski definition) is 2. The van der Waals surface area contributed by atoms with Gasteiger partial charge in [0.25, 0.3) is 0 Å². The molecule has 2 amide bonds. The number of amides is 2. The highest BCUT2D eigenvalue weighted by Gasteiger charge is 2.38. The minimum absolute atomic E-state index is 0.0637. The number of urea groups is 1. The van der Waals surface area contributed by atoms with E-state index in [-0.39, 0.29) is 18.4 Å². The minimum atomic E-state index is -0.179. The van der Waals surface area contributed by atoms with Crippen molar-refractivity contribution in [2.24, 2.45) is 0 Å². The first-order chi connectivity index (χ1) is 12.8. The molecule has 1 saturated heterocycles. The van der Waals surface area contributed by atoms with Crippen LogP contribution in [0.25, 0.3) is 0 Å². The van der Waals surface area contributed by atoms with Crippen LogP contribution in [0.15, 0.2) is 18.2 Å². The van der Waals surface area contributed by atoms with Crippen molar-refractivity contribution < 1.29 is 19.0 Å². The monoisotopic (exact) mass is 361 g/mol. The Morgan fingerprint density at radius 1 is 1.08 bits per heavy atom. The third-order valence-electron chi connectivity index (χ3n) is 5.67. The SMILES string of the molecule is O=C(NCC1(N2CCOCC2)CCCCC1)Nc1ccc2c(c1)OCO2. The Morgan fingerprint density at radius 2 is 1.85 bits per heavy atom. The van der Waals surface area contributed by atoms with Gasteiger partial charge in [0.2, 0.25) is 6.79 Å². The van der Waals surface area contributed by atoms with Gasteiger partial charge in [0.05, 0.1) is 13.2 Å². The van der Waals surface area contributed by atoms with Crippen molar-refractivity contribution >= 4 is 11.7 Å². The Hall–Kier alpha value is -1.99. The molecule has 0 bridgehead atoms. The van der Waals surface area contributed by atoms with Crippen molar-refractivity contribution in [3.63, 3.8) is 0 Å². The molecule has 0 aromatic heterocycles. The topological polar surface area (TPSA) is 72.1 Å². The lowest BCUT2D eigenvalue weighted by molar-refractivity contribution is -0.0356. The van der Waals surface area contributed by atoms with Gasteiger partial charge in [0.1, 0.15) is 0 Å². The van der Waals surface area contributed by atoms with Crippen molar-refractivity contribution in [2.75, 3.05) is 45.0 Å². The summed E-state index contributed by atoms with van der Waals surface area (Å²) in [6.45, 7) is 4.36. The summed E-state index contributed by atoms with van der Waals surface area (Å²) in [5.41, 5.74) is 0.768. The molecular formula is C19H27N3O4. The van der Waals surface area contributed by atoms with Gasteiger partial charge in [-0.1, -0.05) is 19.3 Å². The predicted octanol–water partition coefficient (Wildman–Crippen LogP) is 2.57. The molecule has 1 aromatic carbocycles. The van der Waals surface area contributed by atoms with E-state index in [9.17, 15) is 4.79 Å². The molecule has 7 heteroatoms. The Kier molecular flexibility index (Phi) is 5.17. The second kappa shape index (κ2) is 7.72. The number of ether oxygens (including phenoxy) is 3. The van der Waals surface area contributed by atoms with Crippen LogP contribution in [0.1, 0.15) is 32.1 Å².